The van der Waals surface area contributed by atoms with Gasteiger partial charge in [-0.3, -0.25) is 4.99 Å². The highest BCUT2D eigenvalue weighted by Gasteiger charge is 2.22. The predicted octanol–water partition coefficient (Wildman–Crippen LogP) is 3.45. The molecule has 0 unspecified atom stereocenters. The summed E-state index contributed by atoms with van der Waals surface area (Å²) in [5.74, 6) is 0.279. The Balaban J connectivity index is 1.68. The van der Waals surface area contributed by atoms with Crippen LogP contribution in [-0.4, -0.2) is 15.7 Å². The van der Waals surface area contributed by atoms with Crippen LogP contribution in [0.1, 0.15) is 36.4 Å². The Morgan fingerprint density at radius 1 is 1.07 bits per heavy atom. The van der Waals surface area contributed by atoms with Crippen LogP contribution in [0.3, 0.4) is 0 Å². The number of aliphatic imine (C=N–C) groups is 1. The number of benzene rings is 1. The van der Waals surface area contributed by atoms with E-state index in [9.17, 15) is 9.59 Å². The molecule has 0 aliphatic carbocycles. The van der Waals surface area contributed by atoms with Crippen molar-refractivity contribution in [3.05, 3.63) is 87.0 Å². The third kappa shape index (κ3) is 3.03. The number of para-hydroxylation sites is 1. The van der Waals surface area contributed by atoms with Crippen LogP contribution in [0.15, 0.2) is 66.5 Å². The molecule has 3 heterocycles. The third-order valence-corrected chi connectivity index (χ3v) is 4.22. The van der Waals surface area contributed by atoms with Gasteiger partial charge in [0.05, 0.1) is 22.2 Å². The summed E-state index contributed by atoms with van der Waals surface area (Å²) in [5.41, 5.74) is 1.33. The average molecular weight is 373 g/mol. The second kappa shape index (κ2) is 7.03. The van der Waals surface area contributed by atoms with Gasteiger partial charge in [0, 0.05) is 18.2 Å². The van der Waals surface area contributed by atoms with E-state index in [4.69, 9.17) is 8.83 Å². The second-order valence-electron chi connectivity index (χ2n) is 6.04. The van der Waals surface area contributed by atoms with E-state index in [0.29, 0.717) is 33.4 Å². The number of fused-ring (bicyclic) bond motifs is 1. The SMILES string of the molecule is C=Cc1nc(C2=NC=C(c3nc4ccccc4c(=O)o3)C2)oc(=O)c1/C=C\C. The number of nitrogens with zero attached hydrogens (tertiary/aromatic N) is 3. The van der Waals surface area contributed by atoms with Crippen molar-refractivity contribution < 1.29 is 8.83 Å². The number of allylic oxidation sites excluding steroid dienone is 2. The smallest absolute Gasteiger partial charge is 0.347 e. The van der Waals surface area contributed by atoms with Crippen molar-refractivity contribution in [3.63, 3.8) is 0 Å². The number of hydrogen-bond donors (Lipinski definition) is 0. The predicted molar refractivity (Wildman–Crippen MR) is 107 cm³/mol. The lowest BCUT2D eigenvalue weighted by Gasteiger charge is -2.04. The lowest BCUT2D eigenvalue weighted by atomic mass is 10.1. The highest BCUT2D eigenvalue weighted by molar-refractivity contribution is 6.06. The van der Waals surface area contributed by atoms with Gasteiger partial charge in [-0.05, 0) is 31.2 Å². The van der Waals surface area contributed by atoms with Gasteiger partial charge in [-0.15, -0.1) is 0 Å². The molecule has 1 aliphatic heterocycles. The van der Waals surface area contributed by atoms with Crippen LogP contribution in [0.25, 0.3) is 28.6 Å². The maximum absolute atomic E-state index is 12.3. The van der Waals surface area contributed by atoms with Gasteiger partial charge in [-0.2, -0.15) is 0 Å². The van der Waals surface area contributed by atoms with E-state index in [1.807, 2.05) is 0 Å². The first-order valence-corrected chi connectivity index (χ1v) is 8.57. The topological polar surface area (TPSA) is 98.6 Å². The molecule has 0 N–H and O–H groups in total. The quantitative estimate of drug-likeness (QED) is 0.695. The van der Waals surface area contributed by atoms with Gasteiger partial charge < -0.3 is 8.83 Å². The van der Waals surface area contributed by atoms with Crippen molar-refractivity contribution in [2.45, 2.75) is 13.3 Å². The van der Waals surface area contributed by atoms with Gasteiger partial charge in [0.2, 0.25) is 11.8 Å². The largest absolute Gasteiger partial charge is 0.403 e. The molecule has 0 amide bonds. The molecule has 0 bridgehead atoms. The number of hydrogen-bond acceptors (Lipinski definition) is 7. The molecule has 138 valence electrons. The van der Waals surface area contributed by atoms with Gasteiger partial charge in [-0.1, -0.05) is 24.8 Å². The molecule has 2 aromatic heterocycles. The van der Waals surface area contributed by atoms with E-state index in [1.54, 1.807) is 43.3 Å². The van der Waals surface area contributed by atoms with E-state index >= 15 is 0 Å². The van der Waals surface area contributed by atoms with Crippen molar-refractivity contribution in [1.82, 2.24) is 9.97 Å². The molecule has 0 fully saturated rings. The normalized spacial score (nSPS) is 13.8. The molecular weight excluding hydrogens is 358 g/mol. The van der Waals surface area contributed by atoms with E-state index in [2.05, 4.69) is 21.5 Å². The van der Waals surface area contributed by atoms with Crippen LogP contribution >= 0.6 is 0 Å². The van der Waals surface area contributed by atoms with E-state index in [1.165, 1.54) is 12.3 Å². The molecule has 0 saturated carbocycles. The molecule has 7 nitrogen and oxygen atoms in total. The molecule has 0 atom stereocenters. The highest BCUT2D eigenvalue weighted by Crippen LogP contribution is 2.25. The van der Waals surface area contributed by atoms with E-state index in [-0.39, 0.29) is 18.2 Å². The van der Waals surface area contributed by atoms with Crippen LogP contribution in [0, 0.1) is 0 Å². The molecule has 28 heavy (non-hydrogen) atoms. The van der Waals surface area contributed by atoms with Gasteiger partial charge in [0.25, 0.3) is 0 Å². The lowest BCUT2D eigenvalue weighted by molar-refractivity contribution is 0.476. The summed E-state index contributed by atoms with van der Waals surface area (Å²) in [7, 11) is 0. The maximum atomic E-state index is 12.3. The van der Waals surface area contributed by atoms with Crippen molar-refractivity contribution in [2.24, 2.45) is 4.99 Å². The Morgan fingerprint density at radius 3 is 2.64 bits per heavy atom. The van der Waals surface area contributed by atoms with Crippen LogP contribution in [0.2, 0.25) is 0 Å². The Bertz CT molecular complexity index is 1310. The molecule has 4 rings (SSSR count). The molecule has 0 spiro atoms. The standard InChI is InChI=1S/C21H15N3O4/c1-3-7-13-15(4-2)23-19(28-20(13)25)17-10-12(11-22-17)18-24-16-9-6-5-8-14(16)21(26)27-18/h3-9,11H,2,10H2,1H3/b7-3-. The van der Waals surface area contributed by atoms with Crippen molar-refractivity contribution >= 4 is 34.3 Å². The highest BCUT2D eigenvalue weighted by atomic mass is 16.4. The zero-order valence-corrected chi connectivity index (χ0v) is 15.0. The minimum atomic E-state index is -0.524. The molecule has 3 aromatic rings. The Kier molecular flexibility index (Phi) is 4.41. The van der Waals surface area contributed by atoms with Crippen LogP contribution in [0.4, 0.5) is 0 Å². The fraction of sp³-hybridized carbons (Fsp3) is 0.0952. The van der Waals surface area contributed by atoms with Crippen molar-refractivity contribution in [2.75, 3.05) is 0 Å². The van der Waals surface area contributed by atoms with Crippen molar-refractivity contribution in [3.8, 4) is 0 Å². The molecule has 7 heteroatoms. The minimum Gasteiger partial charge on any atom is -0.403 e. The van der Waals surface area contributed by atoms with Crippen LogP contribution in [0.5, 0.6) is 0 Å². The molecule has 0 saturated heterocycles. The fourth-order valence-electron chi connectivity index (χ4n) is 2.88. The van der Waals surface area contributed by atoms with E-state index < -0.39 is 11.3 Å². The summed E-state index contributed by atoms with van der Waals surface area (Å²) >= 11 is 0. The Labute approximate surface area is 159 Å². The fourth-order valence-corrected chi connectivity index (χ4v) is 2.88. The van der Waals surface area contributed by atoms with Gasteiger partial charge >= 0.3 is 11.3 Å². The molecule has 1 aliphatic rings. The average Bonchev–Trinajstić information content (AvgIpc) is 3.20. The number of rotatable bonds is 4. The summed E-state index contributed by atoms with van der Waals surface area (Å²) in [5, 5.41) is 0.411. The Morgan fingerprint density at radius 2 is 1.86 bits per heavy atom. The third-order valence-electron chi connectivity index (χ3n) is 4.22. The Hall–Kier alpha value is -3.87. The van der Waals surface area contributed by atoms with E-state index in [0.717, 1.165) is 0 Å². The molecule has 1 aromatic carbocycles. The summed E-state index contributed by atoms with van der Waals surface area (Å²) in [6, 6.07) is 6.94. The summed E-state index contributed by atoms with van der Waals surface area (Å²) in [6.45, 7) is 5.49. The minimum absolute atomic E-state index is 0.0996. The second-order valence-corrected chi connectivity index (χ2v) is 6.04. The maximum Gasteiger partial charge on any atom is 0.347 e. The zero-order chi connectivity index (χ0) is 19.7. The first-order chi connectivity index (χ1) is 13.6. The summed E-state index contributed by atoms with van der Waals surface area (Å²) in [4.78, 5) is 37.4. The lowest BCUT2D eigenvalue weighted by Crippen LogP contribution is -2.14. The van der Waals surface area contributed by atoms with Crippen molar-refractivity contribution in [1.29, 1.82) is 0 Å². The van der Waals surface area contributed by atoms with Gasteiger partial charge in [0.1, 0.15) is 5.71 Å². The summed E-state index contributed by atoms with van der Waals surface area (Å²) in [6.07, 6.45) is 6.63. The molecular formula is C21H15N3O4. The zero-order valence-electron chi connectivity index (χ0n) is 15.0. The van der Waals surface area contributed by atoms with Crippen LogP contribution < -0.4 is 11.3 Å². The van der Waals surface area contributed by atoms with Gasteiger partial charge in [-0.25, -0.2) is 19.6 Å². The monoisotopic (exact) mass is 373 g/mol. The molecule has 0 radical (unpaired) electrons. The first kappa shape index (κ1) is 17.5. The first-order valence-electron chi connectivity index (χ1n) is 8.57. The summed E-state index contributed by atoms with van der Waals surface area (Å²) < 4.78 is 10.7. The number of aromatic nitrogens is 2. The van der Waals surface area contributed by atoms with Crippen LogP contribution in [-0.2, 0) is 0 Å². The van der Waals surface area contributed by atoms with Gasteiger partial charge in [0.15, 0.2) is 0 Å².